The molecule has 1 N–H and O–H groups in total. The fraction of sp³-hybridized carbons (Fsp3) is 0.524. The van der Waals surface area contributed by atoms with E-state index in [-0.39, 0.29) is 11.8 Å². The van der Waals surface area contributed by atoms with E-state index >= 15 is 0 Å². The van der Waals surface area contributed by atoms with Crippen molar-refractivity contribution in [1.82, 2.24) is 9.80 Å². The van der Waals surface area contributed by atoms with Gasteiger partial charge in [-0.15, -0.1) is 0 Å². The average molecular weight is 355 g/mol. The van der Waals surface area contributed by atoms with Gasteiger partial charge in [0.25, 0.3) is 0 Å². The van der Waals surface area contributed by atoms with Crippen LogP contribution < -0.4 is 5.32 Å². The van der Waals surface area contributed by atoms with Gasteiger partial charge in [0.1, 0.15) is 0 Å². The third-order valence-electron chi connectivity index (χ3n) is 5.31. The first-order valence-corrected chi connectivity index (χ1v) is 9.69. The van der Waals surface area contributed by atoms with Crippen LogP contribution in [-0.4, -0.2) is 54.3 Å². The van der Waals surface area contributed by atoms with Crippen LogP contribution in [0, 0.1) is 0 Å². The summed E-state index contributed by atoms with van der Waals surface area (Å²) >= 11 is 0. The Kier molecular flexibility index (Phi) is 6.45. The summed E-state index contributed by atoms with van der Waals surface area (Å²) in [7, 11) is 0. The zero-order chi connectivity index (χ0) is 18.4. The Labute approximate surface area is 156 Å². The van der Waals surface area contributed by atoms with Crippen molar-refractivity contribution >= 4 is 17.5 Å². The molecule has 1 aliphatic carbocycles. The highest BCUT2D eigenvalue weighted by molar-refractivity contribution is 5.96. The first-order chi connectivity index (χ1) is 12.6. The Balaban J connectivity index is 1.44. The van der Waals surface area contributed by atoms with Crippen LogP contribution >= 0.6 is 0 Å². The molecule has 1 heterocycles. The molecule has 2 aliphatic rings. The Morgan fingerprint density at radius 1 is 1.12 bits per heavy atom. The molecular weight excluding hydrogens is 326 g/mol. The van der Waals surface area contributed by atoms with Crippen LogP contribution in [0.15, 0.2) is 35.9 Å². The lowest BCUT2D eigenvalue weighted by molar-refractivity contribution is 0.101. The van der Waals surface area contributed by atoms with Gasteiger partial charge in [-0.2, -0.15) is 0 Å². The highest BCUT2D eigenvalue weighted by atomic mass is 16.2. The number of allylic oxidation sites excluding steroid dienone is 1. The van der Waals surface area contributed by atoms with Crippen molar-refractivity contribution in [3.05, 3.63) is 41.5 Å². The molecule has 1 aliphatic heterocycles. The predicted octanol–water partition coefficient (Wildman–Crippen LogP) is 3.93. The number of benzene rings is 1. The first-order valence-electron chi connectivity index (χ1n) is 9.69. The summed E-state index contributed by atoms with van der Waals surface area (Å²) in [6.07, 6.45) is 8.78. The van der Waals surface area contributed by atoms with E-state index in [9.17, 15) is 9.59 Å². The number of nitrogens with zero attached hydrogens (tertiary/aromatic N) is 2. The maximum absolute atomic E-state index is 12.5. The van der Waals surface area contributed by atoms with Gasteiger partial charge >= 0.3 is 6.03 Å². The summed E-state index contributed by atoms with van der Waals surface area (Å²) in [5, 5.41) is 2.91. The van der Waals surface area contributed by atoms with Crippen LogP contribution in [0.1, 0.15) is 49.4 Å². The largest absolute Gasteiger partial charge is 0.322 e. The Morgan fingerprint density at radius 3 is 2.62 bits per heavy atom. The van der Waals surface area contributed by atoms with Crippen molar-refractivity contribution in [2.24, 2.45) is 0 Å². The Morgan fingerprint density at radius 2 is 1.92 bits per heavy atom. The number of anilines is 1. The number of carbonyl (C=O) groups excluding carboxylic acids is 2. The van der Waals surface area contributed by atoms with E-state index in [0.717, 1.165) is 32.7 Å². The van der Waals surface area contributed by atoms with Gasteiger partial charge in [0.15, 0.2) is 5.78 Å². The standard InChI is InChI=1S/C21H29N3O2/c1-17(25)19-8-5-9-20(16-19)22-21(26)24-14-12-23(13-15-24)11-10-18-6-3-2-4-7-18/h5-6,8-9,16H,2-4,7,10-15H2,1H3,(H,22,26). The van der Waals surface area contributed by atoms with Gasteiger partial charge in [-0.05, 0) is 51.2 Å². The van der Waals surface area contributed by atoms with Gasteiger partial charge in [-0.3, -0.25) is 9.69 Å². The summed E-state index contributed by atoms with van der Waals surface area (Å²) in [5.74, 6) is 0.00259. The minimum atomic E-state index is -0.0830. The van der Waals surface area contributed by atoms with E-state index in [1.807, 2.05) is 11.0 Å². The summed E-state index contributed by atoms with van der Waals surface area (Å²) in [5.41, 5.74) is 2.90. The number of amides is 2. The summed E-state index contributed by atoms with van der Waals surface area (Å²) in [6, 6.07) is 7.02. The number of carbonyl (C=O) groups is 2. The average Bonchev–Trinajstić information content (AvgIpc) is 2.68. The van der Waals surface area contributed by atoms with Gasteiger partial charge in [-0.1, -0.05) is 23.8 Å². The fourth-order valence-electron chi connectivity index (χ4n) is 3.63. The monoisotopic (exact) mass is 355 g/mol. The maximum Gasteiger partial charge on any atom is 0.321 e. The van der Waals surface area contributed by atoms with Gasteiger partial charge in [-0.25, -0.2) is 4.79 Å². The molecule has 1 fully saturated rings. The molecule has 5 heteroatoms. The van der Waals surface area contributed by atoms with E-state index in [1.54, 1.807) is 23.8 Å². The van der Waals surface area contributed by atoms with Crippen LogP contribution in [0.4, 0.5) is 10.5 Å². The van der Waals surface area contributed by atoms with Crippen molar-refractivity contribution in [3.8, 4) is 0 Å². The van der Waals surface area contributed by atoms with Crippen LogP contribution in [-0.2, 0) is 0 Å². The molecule has 1 aromatic rings. The molecular formula is C21H29N3O2. The van der Waals surface area contributed by atoms with Crippen molar-refractivity contribution < 1.29 is 9.59 Å². The molecule has 3 rings (SSSR count). The number of Topliss-reactive ketones (excluding diaryl/α,β-unsaturated/α-hetero) is 1. The minimum Gasteiger partial charge on any atom is -0.322 e. The zero-order valence-electron chi connectivity index (χ0n) is 15.7. The second-order valence-corrected chi connectivity index (χ2v) is 7.25. The Hall–Kier alpha value is -2.14. The lowest BCUT2D eigenvalue weighted by Crippen LogP contribution is -2.50. The third-order valence-corrected chi connectivity index (χ3v) is 5.31. The number of ketones is 1. The van der Waals surface area contributed by atoms with Crippen molar-refractivity contribution in [3.63, 3.8) is 0 Å². The summed E-state index contributed by atoms with van der Waals surface area (Å²) < 4.78 is 0. The van der Waals surface area contributed by atoms with Crippen molar-refractivity contribution in [2.45, 2.75) is 39.0 Å². The van der Waals surface area contributed by atoms with Crippen LogP contribution in [0.2, 0.25) is 0 Å². The number of rotatable bonds is 5. The van der Waals surface area contributed by atoms with Crippen LogP contribution in [0.25, 0.3) is 0 Å². The highest BCUT2D eigenvalue weighted by Crippen LogP contribution is 2.20. The quantitative estimate of drug-likeness (QED) is 0.643. The lowest BCUT2D eigenvalue weighted by atomic mass is 9.97. The SMILES string of the molecule is CC(=O)c1cccc(NC(=O)N2CCN(CCC3=CCCCC3)CC2)c1. The molecule has 0 unspecified atom stereocenters. The van der Waals surface area contributed by atoms with E-state index in [2.05, 4.69) is 16.3 Å². The third kappa shape index (κ3) is 5.18. The molecule has 1 aromatic carbocycles. The van der Waals surface area contributed by atoms with E-state index < -0.39 is 0 Å². The molecule has 0 atom stereocenters. The molecule has 0 spiro atoms. The smallest absolute Gasteiger partial charge is 0.321 e. The van der Waals surface area contributed by atoms with Gasteiger partial charge in [0.2, 0.25) is 0 Å². The molecule has 2 amide bonds. The first kappa shape index (κ1) is 18.6. The number of hydrogen-bond donors (Lipinski definition) is 1. The Bertz CT molecular complexity index is 676. The topological polar surface area (TPSA) is 52.7 Å². The molecule has 0 aromatic heterocycles. The molecule has 140 valence electrons. The van der Waals surface area contributed by atoms with Crippen LogP contribution in [0.3, 0.4) is 0 Å². The highest BCUT2D eigenvalue weighted by Gasteiger charge is 2.21. The van der Waals surface area contributed by atoms with E-state index in [1.165, 1.54) is 39.0 Å². The van der Waals surface area contributed by atoms with Gasteiger partial charge in [0, 0.05) is 44.0 Å². The minimum absolute atomic E-state index is 0.00259. The van der Waals surface area contributed by atoms with Crippen molar-refractivity contribution in [2.75, 3.05) is 38.0 Å². The van der Waals surface area contributed by atoms with Crippen molar-refractivity contribution in [1.29, 1.82) is 0 Å². The number of hydrogen-bond acceptors (Lipinski definition) is 3. The number of piperazine rings is 1. The maximum atomic E-state index is 12.5. The molecule has 26 heavy (non-hydrogen) atoms. The molecule has 0 bridgehead atoms. The van der Waals surface area contributed by atoms with Gasteiger partial charge < -0.3 is 10.2 Å². The summed E-state index contributed by atoms with van der Waals surface area (Å²) in [6.45, 7) is 5.97. The zero-order valence-corrected chi connectivity index (χ0v) is 15.7. The normalized spacial score (nSPS) is 18.3. The van der Waals surface area contributed by atoms with E-state index in [0.29, 0.717) is 11.3 Å². The lowest BCUT2D eigenvalue weighted by Gasteiger charge is -2.35. The van der Waals surface area contributed by atoms with E-state index in [4.69, 9.17) is 0 Å². The van der Waals surface area contributed by atoms with Crippen LogP contribution in [0.5, 0.6) is 0 Å². The predicted molar refractivity (Wildman–Crippen MR) is 105 cm³/mol. The molecule has 5 nitrogen and oxygen atoms in total. The fourth-order valence-corrected chi connectivity index (χ4v) is 3.63. The molecule has 0 radical (unpaired) electrons. The second-order valence-electron chi connectivity index (χ2n) is 7.25. The van der Waals surface area contributed by atoms with Gasteiger partial charge in [0.05, 0.1) is 0 Å². The molecule has 0 saturated carbocycles. The second kappa shape index (κ2) is 8.99. The number of urea groups is 1. The number of nitrogens with one attached hydrogen (secondary N) is 1. The summed E-state index contributed by atoms with van der Waals surface area (Å²) in [4.78, 5) is 28.2. The molecule has 1 saturated heterocycles.